The quantitative estimate of drug-likeness (QED) is 0.852. The predicted octanol–water partition coefficient (Wildman–Crippen LogP) is 3.96. The van der Waals surface area contributed by atoms with Crippen LogP contribution in [0.5, 0.6) is 0 Å². The number of aryl methyl sites for hydroxylation is 1. The molecule has 3 nitrogen and oxygen atoms in total. The lowest BCUT2D eigenvalue weighted by atomic mass is 10.1. The Labute approximate surface area is 115 Å². The van der Waals surface area contributed by atoms with Gasteiger partial charge in [-0.1, -0.05) is 38.1 Å². The van der Waals surface area contributed by atoms with Crippen molar-refractivity contribution in [2.45, 2.75) is 39.7 Å². The average molecular weight is 258 g/mol. The highest BCUT2D eigenvalue weighted by Gasteiger charge is 2.12. The first-order valence-corrected chi connectivity index (χ1v) is 7.03. The van der Waals surface area contributed by atoms with Crippen LogP contribution in [0.25, 0.3) is 11.3 Å². The SMILES string of the molecule is CCCNC(C)c1ncc(-c2ccc(CC)cc2)o1. The third kappa shape index (κ3) is 3.44. The van der Waals surface area contributed by atoms with Crippen molar-refractivity contribution < 1.29 is 4.42 Å². The van der Waals surface area contributed by atoms with Crippen molar-refractivity contribution in [2.24, 2.45) is 0 Å². The molecule has 0 saturated heterocycles. The number of aromatic nitrogens is 1. The number of hydrogen-bond donors (Lipinski definition) is 1. The molecule has 0 aliphatic rings. The normalized spacial score (nSPS) is 12.6. The molecular weight excluding hydrogens is 236 g/mol. The van der Waals surface area contributed by atoms with Gasteiger partial charge in [-0.3, -0.25) is 0 Å². The van der Waals surface area contributed by atoms with Crippen molar-refractivity contribution in [3.8, 4) is 11.3 Å². The van der Waals surface area contributed by atoms with E-state index >= 15 is 0 Å². The van der Waals surface area contributed by atoms with Gasteiger partial charge in [0.2, 0.25) is 5.89 Å². The van der Waals surface area contributed by atoms with Crippen LogP contribution < -0.4 is 5.32 Å². The number of nitrogens with one attached hydrogen (secondary N) is 1. The van der Waals surface area contributed by atoms with Crippen molar-refractivity contribution in [3.63, 3.8) is 0 Å². The van der Waals surface area contributed by atoms with Gasteiger partial charge < -0.3 is 9.73 Å². The summed E-state index contributed by atoms with van der Waals surface area (Å²) in [5.74, 6) is 1.59. The van der Waals surface area contributed by atoms with Crippen LogP contribution >= 0.6 is 0 Å². The molecule has 1 aromatic heterocycles. The van der Waals surface area contributed by atoms with E-state index in [1.54, 1.807) is 6.20 Å². The molecule has 2 aromatic rings. The van der Waals surface area contributed by atoms with E-state index in [1.807, 2.05) is 0 Å². The van der Waals surface area contributed by atoms with Crippen LogP contribution in [-0.4, -0.2) is 11.5 Å². The number of benzene rings is 1. The zero-order valence-electron chi connectivity index (χ0n) is 11.9. The van der Waals surface area contributed by atoms with Gasteiger partial charge >= 0.3 is 0 Å². The number of nitrogens with zero attached hydrogens (tertiary/aromatic N) is 1. The molecule has 1 atom stereocenters. The summed E-state index contributed by atoms with van der Waals surface area (Å²) in [4.78, 5) is 4.36. The Balaban J connectivity index is 2.11. The minimum Gasteiger partial charge on any atom is -0.439 e. The smallest absolute Gasteiger partial charge is 0.211 e. The number of hydrogen-bond acceptors (Lipinski definition) is 3. The molecule has 19 heavy (non-hydrogen) atoms. The highest BCUT2D eigenvalue weighted by atomic mass is 16.4. The molecule has 0 amide bonds. The Morgan fingerprint density at radius 1 is 1.21 bits per heavy atom. The zero-order chi connectivity index (χ0) is 13.7. The average Bonchev–Trinajstić information content (AvgIpc) is 2.94. The summed E-state index contributed by atoms with van der Waals surface area (Å²) in [7, 11) is 0. The first-order chi connectivity index (χ1) is 9.24. The molecular formula is C16H22N2O. The molecule has 1 aromatic carbocycles. The van der Waals surface area contributed by atoms with Crippen LogP contribution in [0.3, 0.4) is 0 Å². The molecule has 0 radical (unpaired) electrons. The van der Waals surface area contributed by atoms with E-state index in [0.717, 1.165) is 36.6 Å². The summed E-state index contributed by atoms with van der Waals surface area (Å²) in [6.45, 7) is 7.36. The van der Waals surface area contributed by atoms with Gasteiger partial charge in [-0.25, -0.2) is 4.98 Å². The van der Waals surface area contributed by atoms with Crippen molar-refractivity contribution >= 4 is 0 Å². The van der Waals surface area contributed by atoms with Crippen LogP contribution in [0.4, 0.5) is 0 Å². The fraction of sp³-hybridized carbons (Fsp3) is 0.438. The van der Waals surface area contributed by atoms with E-state index in [0.29, 0.717) is 0 Å². The van der Waals surface area contributed by atoms with Gasteiger partial charge in [0.15, 0.2) is 5.76 Å². The summed E-state index contributed by atoms with van der Waals surface area (Å²) in [6.07, 6.45) is 3.97. The molecule has 2 rings (SSSR count). The molecule has 1 heterocycles. The van der Waals surface area contributed by atoms with Gasteiger partial charge in [-0.05, 0) is 31.9 Å². The van der Waals surface area contributed by atoms with E-state index in [2.05, 4.69) is 55.3 Å². The Kier molecular flexibility index (Phi) is 4.74. The summed E-state index contributed by atoms with van der Waals surface area (Å²) < 4.78 is 5.83. The highest BCUT2D eigenvalue weighted by Crippen LogP contribution is 2.23. The van der Waals surface area contributed by atoms with Crippen molar-refractivity contribution in [3.05, 3.63) is 41.9 Å². The third-order valence-electron chi connectivity index (χ3n) is 3.24. The van der Waals surface area contributed by atoms with Gasteiger partial charge in [-0.15, -0.1) is 0 Å². The van der Waals surface area contributed by atoms with Crippen LogP contribution in [0.15, 0.2) is 34.9 Å². The second-order valence-corrected chi connectivity index (χ2v) is 4.79. The topological polar surface area (TPSA) is 38.1 Å². The molecule has 0 fully saturated rings. The Hall–Kier alpha value is -1.61. The molecule has 1 N–H and O–H groups in total. The maximum absolute atomic E-state index is 5.83. The first kappa shape index (κ1) is 13.8. The number of rotatable bonds is 6. The van der Waals surface area contributed by atoms with Crippen LogP contribution in [0, 0.1) is 0 Å². The Bertz CT molecular complexity index is 502. The highest BCUT2D eigenvalue weighted by molar-refractivity contribution is 5.56. The van der Waals surface area contributed by atoms with Crippen LogP contribution in [0.2, 0.25) is 0 Å². The first-order valence-electron chi connectivity index (χ1n) is 7.03. The molecule has 1 unspecified atom stereocenters. The minimum absolute atomic E-state index is 0.156. The molecule has 102 valence electrons. The van der Waals surface area contributed by atoms with E-state index in [9.17, 15) is 0 Å². The molecule has 0 aliphatic carbocycles. The van der Waals surface area contributed by atoms with Gasteiger partial charge in [0.1, 0.15) is 0 Å². The molecule has 0 aliphatic heterocycles. The molecule has 0 bridgehead atoms. The summed E-state index contributed by atoms with van der Waals surface area (Å²) >= 11 is 0. The van der Waals surface area contributed by atoms with Crippen LogP contribution in [-0.2, 0) is 6.42 Å². The Morgan fingerprint density at radius 2 is 1.95 bits per heavy atom. The lowest BCUT2D eigenvalue weighted by molar-refractivity contribution is 0.423. The molecule has 0 spiro atoms. The van der Waals surface area contributed by atoms with Crippen LogP contribution in [0.1, 0.15) is 44.7 Å². The van der Waals surface area contributed by atoms with E-state index in [-0.39, 0.29) is 6.04 Å². The fourth-order valence-corrected chi connectivity index (χ4v) is 1.97. The summed E-state index contributed by atoms with van der Waals surface area (Å²) in [5, 5.41) is 3.38. The third-order valence-corrected chi connectivity index (χ3v) is 3.24. The van der Waals surface area contributed by atoms with Gasteiger partial charge in [0.25, 0.3) is 0 Å². The largest absolute Gasteiger partial charge is 0.439 e. The molecule has 0 saturated carbocycles. The van der Waals surface area contributed by atoms with Gasteiger partial charge in [0.05, 0.1) is 12.2 Å². The zero-order valence-corrected chi connectivity index (χ0v) is 11.9. The monoisotopic (exact) mass is 258 g/mol. The van der Waals surface area contributed by atoms with Crippen molar-refractivity contribution in [2.75, 3.05) is 6.54 Å². The maximum Gasteiger partial charge on any atom is 0.211 e. The standard InChI is InChI=1S/C16H22N2O/c1-4-10-17-12(3)16-18-11-15(19-16)14-8-6-13(5-2)7-9-14/h6-9,11-12,17H,4-5,10H2,1-3H3. The Morgan fingerprint density at radius 3 is 2.58 bits per heavy atom. The second kappa shape index (κ2) is 6.53. The number of oxazole rings is 1. The van der Waals surface area contributed by atoms with E-state index in [4.69, 9.17) is 4.42 Å². The van der Waals surface area contributed by atoms with E-state index in [1.165, 1.54) is 5.56 Å². The fourth-order valence-electron chi connectivity index (χ4n) is 1.97. The molecule has 3 heteroatoms. The second-order valence-electron chi connectivity index (χ2n) is 4.79. The summed E-state index contributed by atoms with van der Waals surface area (Å²) in [5.41, 5.74) is 2.42. The van der Waals surface area contributed by atoms with Crippen molar-refractivity contribution in [1.29, 1.82) is 0 Å². The summed E-state index contributed by atoms with van der Waals surface area (Å²) in [6, 6.07) is 8.61. The lowest BCUT2D eigenvalue weighted by Gasteiger charge is -2.08. The van der Waals surface area contributed by atoms with Gasteiger partial charge in [0, 0.05) is 5.56 Å². The minimum atomic E-state index is 0.156. The lowest BCUT2D eigenvalue weighted by Crippen LogP contribution is -2.19. The maximum atomic E-state index is 5.83. The predicted molar refractivity (Wildman–Crippen MR) is 78.0 cm³/mol. The van der Waals surface area contributed by atoms with Gasteiger partial charge in [-0.2, -0.15) is 0 Å². The van der Waals surface area contributed by atoms with Crippen molar-refractivity contribution in [1.82, 2.24) is 10.3 Å². The van der Waals surface area contributed by atoms with E-state index < -0.39 is 0 Å².